The van der Waals surface area contributed by atoms with Gasteiger partial charge < -0.3 is 24.7 Å². The van der Waals surface area contributed by atoms with Crippen molar-refractivity contribution in [2.45, 2.75) is 40.2 Å². The van der Waals surface area contributed by atoms with Crippen molar-refractivity contribution in [1.82, 2.24) is 20.1 Å². The number of hydrogen-bond donors (Lipinski definition) is 2. The molecule has 32 heavy (non-hydrogen) atoms. The zero-order valence-electron chi connectivity index (χ0n) is 19.5. The number of hydrogen-bond acceptors (Lipinski definition) is 6. The van der Waals surface area contributed by atoms with Crippen LogP contribution in [-0.2, 0) is 4.74 Å². The van der Waals surface area contributed by atoms with Gasteiger partial charge in [0, 0.05) is 50.5 Å². The number of urea groups is 1. The van der Waals surface area contributed by atoms with Crippen LogP contribution in [0.3, 0.4) is 0 Å². The van der Waals surface area contributed by atoms with Gasteiger partial charge in [0.15, 0.2) is 0 Å². The van der Waals surface area contributed by atoms with Crippen LogP contribution in [0.2, 0.25) is 0 Å². The van der Waals surface area contributed by atoms with E-state index >= 15 is 0 Å². The molecule has 1 fully saturated rings. The van der Waals surface area contributed by atoms with Crippen LogP contribution in [0.4, 0.5) is 15.3 Å². The first-order valence-corrected chi connectivity index (χ1v) is 10.9. The maximum Gasteiger partial charge on any atom is 0.410 e. The molecule has 3 rings (SSSR count). The molecule has 1 aromatic carbocycles. The van der Waals surface area contributed by atoms with E-state index in [0.29, 0.717) is 37.8 Å². The summed E-state index contributed by atoms with van der Waals surface area (Å²) in [6.07, 6.45) is -0.271. The lowest BCUT2D eigenvalue weighted by atomic mass is 10.2. The smallest absolute Gasteiger partial charge is 0.410 e. The summed E-state index contributed by atoms with van der Waals surface area (Å²) < 4.78 is 11.1. The molecule has 0 unspecified atom stereocenters. The van der Waals surface area contributed by atoms with Gasteiger partial charge in [0.1, 0.15) is 11.4 Å². The van der Waals surface area contributed by atoms with Crippen LogP contribution in [0.5, 0.6) is 0 Å². The van der Waals surface area contributed by atoms with E-state index in [1.54, 1.807) is 4.90 Å². The number of anilines is 1. The number of aryl methyl sites for hydroxylation is 2. The number of nitrogens with zero attached hydrogens (tertiary/aromatic N) is 3. The summed E-state index contributed by atoms with van der Waals surface area (Å²) in [6, 6.07) is 7.13. The highest BCUT2D eigenvalue weighted by atomic mass is 16.6. The van der Waals surface area contributed by atoms with Gasteiger partial charge in [-0.15, -0.1) is 0 Å². The predicted molar refractivity (Wildman–Crippen MR) is 123 cm³/mol. The lowest BCUT2D eigenvalue weighted by Gasteiger charge is -2.35. The second-order valence-electron chi connectivity index (χ2n) is 8.93. The SMILES string of the molecule is Cc1nc(-c2cccc(NC(=O)NCCN3CCN(C(=O)OC(C)(C)C)CC3)c2)oc1C. The van der Waals surface area contributed by atoms with Crippen molar-refractivity contribution in [2.24, 2.45) is 0 Å². The third kappa shape index (κ3) is 6.71. The third-order valence-corrected chi connectivity index (χ3v) is 5.13. The van der Waals surface area contributed by atoms with Crippen molar-refractivity contribution in [2.75, 3.05) is 44.6 Å². The van der Waals surface area contributed by atoms with Gasteiger partial charge in [-0.2, -0.15) is 0 Å². The monoisotopic (exact) mass is 443 g/mol. The standard InChI is InChI=1S/C23H33N5O4/c1-16-17(2)31-20(25-16)18-7-6-8-19(15-18)26-21(29)24-9-10-27-11-13-28(14-12-27)22(30)32-23(3,4)5/h6-8,15H,9-14H2,1-5H3,(H2,24,26,29). The van der Waals surface area contributed by atoms with Gasteiger partial charge in [0.25, 0.3) is 0 Å². The van der Waals surface area contributed by atoms with Crippen molar-refractivity contribution in [3.8, 4) is 11.5 Å². The molecule has 2 heterocycles. The van der Waals surface area contributed by atoms with E-state index < -0.39 is 5.60 Å². The Bertz CT molecular complexity index is 923. The fourth-order valence-electron chi connectivity index (χ4n) is 3.31. The van der Waals surface area contributed by atoms with Crippen LogP contribution in [0, 0.1) is 13.8 Å². The second-order valence-corrected chi connectivity index (χ2v) is 8.93. The van der Waals surface area contributed by atoms with Crippen molar-refractivity contribution in [1.29, 1.82) is 0 Å². The zero-order chi connectivity index (χ0) is 23.3. The number of amides is 3. The average Bonchev–Trinajstić information content (AvgIpc) is 3.06. The average molecular weight is 444 g/mol. The molecule has 174 valence electrons. The molecule has 0 radical (unpaired) electrons. The number of aromatic nitrogens is 1. The van der Waals surface area contributed by atoms with Gasteiger partial charge >= 0.3 is 12.1 Å². The highest BCUT2D eigenvalue weighted by Crippen LogP contribution is 2.24. The fraction of sp³-hybridized carbons (Fsp3) is 0.522. The molecule has 2 aromatic rings. The van der Waals surface area contributed by atoms with Gasteiger partial charge in [-0.1, -0.05) is 6.07 Å². The van der Waals surface area contributed by atoms with E-state index in [0.717, 1.165) is 30.1 Å². The molecule has 0 atom stereocenters. The van der Waals surface area contributed by atoms with Gasteiger partial charge in [-0.25, -0.2) is 14.6 Å². The number of nitrogens with one attached hydrogen (secondary N) is 2. The Morgan fingerprint density at radius 2 is 1.88 bits per heavy atom. The van der Waals surface area contributed by atoms with E-state index in [4.69, 9.17) is 9.15 Å². The summed E-state index contributed by atoms with van der Waals surface area (Å²) >= 11 is 0. The van der Waals surface area contributed by atoms with Crippen molar-refractivity contribution in [3.05, 3.63) is 35.7 Å². The highest BCUT2D eigenvalue weighted by Gasteiger charge is 2.25. The van der Waals surface area contributed by atoms with Gasteiger partial charge in [-0.3, -0.25) is 4.90 Å². The van der Waals surface area contributed by atoms with Gasteiger partial charge in [-0.05, 0) is 52.8 Å². The molecule has 1 aromatic heterocycles. The summed E-state index contributed by atoms with van der Waals surface area (Å²) in [5.41, 5.74) is 1.83. The van der Waals surface area contributed by atoms with E-state index in [1.807, 2.05) is 58.9 Å². The van der Waals surface area contributed by atoms with Crippen molar-refractivity contribution in [3.63, 3.8) is 0 Å². The Labute approximate surface area is 189 Å². The van der Waals surface area contributed by atoms with Crippen molar-refractivity contribution < 1.29 is 18.7 Å². The highest BCUT2D eigenvalue weighted by molar-refractivity contribution is 5.89. The van der Waals surface area contributed by atoms with Crippen LogP contribution in [0.15, 0.2) is 28.7 Å². The fourth-order valence-corrected chi connectivity index (χ4v) is 3.31. The molecule has 1 saturated heterocycles. The van der Waals surface area contributed by atoms with E-state index in [-0.39, 0.29) is 12.1 Å². The Hall–Kier alpha value is -3.07. The lowest BCUT2D eigenvalue weighted by molar-refractivity contribution is 0.0147. The summed E-state index contributed by atoms with van der Waals surface area (Å²) in [6.45, 7) is 13.3. The van der Waals surface area contributed by atoms with Crippen molar-refractivity contribution >= 4 is 17.8 Å². The quantitative estimate of drug-likeness (QED) is 0.732. The first-order chi connectivity index (χ1) is 15.1. The molecule has 1 aliphatic heterocycles. The molecule has 9 heteroatoms. The normalized spacial score (nSPS) is 14.8. The maximum atomic E-state index is 12.3. The largest absolute Gasteiger partial charge is 0.444 e. The Morgan fingerprint density at radius 3 is 2.50 bits per heavy atom. The first kappa shape index (κ1) is 23.6. The van der Waals surface area contributed by atoms with Crippen LogP contribution in [-0.4, -0.2) is 71.8 Å². The zero-order valence-corrected chi connectivity index (χ0v) is 19.5. The lowest BCUT2D eigenvalue weighted by Crippen LogP contribution is -2.51. The number of carbonyl (C=O) groups is 2. The molecule has 0 saturated carbocycles. The Morgan fingerprint density at radius 1 is 1.16 bits per heavy atom. The molecule has 0 aliphatic carbocycles. The molecule has 1 aliphatic rings. The van der Waals surface area contributed by atoms with Crippen LogP contribution in [0.1, 0.15) is 32.2 Å². The van der Waals surface area contributed by atoms with Crippen LogP contribution >= 0.6 is 0 Å². The summed E-state index contributed by atoms with van der Waals surface area (Å²) in [7, 11) is 0. The molecule has 9 nitrogen and oxygen atoms in total. The van der Waals surface area contributed by atoms with Crippen LogP contribution < -0.4 is 10.6 Å². The van der Waals surface area contributed by atoms with Gasteiger partial charge in [0.2, 0.25) is 5.89 Å². The predicted octanol–water partition coefficient (Wildman–Crippen LogP) is 3.63. The van der Waals surface area contributed by atoms with E-state index in [2.05, 4.69) is 20.5 Å². The Balaban J connectivity index is 1.40. The topological polar surface area (TPSA) is 99.9 Å². The molecular weight excluding hydrogens is 410 g/mol. The third-order valence-electron chi connectivity index (χ3n) is 5.13. The maximum absolute atomic E-state index is 12.3. The summed E-state index contributed by atoms with van der Waals surface area (Å²) in [4.78, 5) is 32.8. The first-order valence-electron chi connectivity index (χ1n) is 10.9. The number of piperazine rings is 1. The molecule has 0 bridgehead atoms. The second kappa shape index (κ2) is 10.0. The summed E-state index contributed by atoms with van der Waals surface area (Å²) in [5.74, 6) is 1.32. The minimum Gasteiger partial charge on any atom is -0.444 e. The number of benzene rings is 1. The van der Waals surface area contributed by atoms with E-state index in [1.165, 1.54) is 0 Å². The minimum atomic E-state index is -0.489. The van der Waals surface area contributed by atoms with Crippen LogP contribution in [0.25, 0.3) is 11.5 Å². The molecule has 3 amide bonds. The number of carbonyl (C=O) groups excluding carboxylic acids is 2. The number of rotatable bonds is 5. The number of ether oxygens (including phenoxy) is 1. The molecule has 2 N–H and O–H groups in total. The van der Waals surface area contributed by atoms with Gasteiger partial charge in [0.05, 0.1) is 5.69 Å². The molecule has 0 spiro atoms. The van der Waals surface area contributed by atoms with E-state index in [9.17, 15) is 9.59 Å². The summed E-state index contributed by atoms with van der Waals surface area (Å²) in [5, 5.41) is 5.73. The molecular formula is C23H33N5O4. The number of oxazole rings is 1. The minimum absolute atomic E-state index is 0.269. The Kier molecular flexibility index (Phi) is 7.40.